The predicted molar refractivity (Wildman–Crippen MR) is 58.2 cm³/mol. The molecule has 14 heavy (non-hydrogen) atoms. The highest BCUT2D eigenvalue weighted by atomic mass is 35.5. The Labute approximate surface area is 89.8 Å². The summed E-state index contributed by atoms with van der Waals surface area (Å²) in [6.45, 7) is 6.21. The van der Waals surface area contributed by atoms with Crippen LogP contribution in [0.15, 0.2) is 6.07 Å². The minimum Gasteiger partial charge on any atom is -0.467 e. The number of hydrogen-bond donors (Lipinski definition) is 0. The summed E-state index contributed by atoms with van der Waals surface area (Å²) in [7, 11) is 1.60. The maximum absolute atomic E-state index is 6.15. The number of benzene rings is 1. The van der Waals surface area contributed by atoms with Crippen molar-refractivity contribution in [3.8, 4) is 5.75 Å². The van der Waals surface area contributed by atoms with Crippen LogP contribution in [0.2, 0.25) is 5.02 Å². The van der Waals surface area contributed by atoms with E-state index in [1.165, 1.54) is 0 Å². The average Bonchev–Trinajstić information content (AvgIpc) is 2.18. The molecule has 78 valence electrons. The fourth-order valence-corrected chi connectivity index (χ4v) is 1.49. The number of hydrogen-bond acceptors (Lipinski definition) is 2. The number of ether oxygens (including phenoxy) is 2. The molecule has 1 rings (SSSR count). The third-order valence-corrected chi connectivity index (χ3v) is 2.87. The standard InChI is InChI=1S/C11H15ClO2/c1-7-5-10(14-6-13-4)9(3)11(12)8(7)2/h5H,6H2,1-4H3. The topological polar surface area (TPSA) is 18.5 Å². The summed E-state index contributed by atoms with van der Waals surface area (Å²) >= 11 is 6.15. The number of aryl methyl sites for hydroxylation is 1. The Morgan fingerprint density at radius 3 is 2.43 bits per heavy atom. The summed E-state index contributed by atoms with van der Waals surface area (Å²) in [5, 5.41) is 0.774. The smallest absolute Gasteiger partial charge is 0.188 e. The number of halogens is 1. The molecule has 0 atom stereocenters. The van der Waals surface area contributed by atoms with Crippen molar-refractivity contribution in [2.45, 2.75) is 20.8 Å². The van der Waals surface area contributed by atoms with Gasteiger partial charge in [0, 0.05) is 12.7 Å². The van der Waals surface area contributed by atoms with E-state index in [1.54, 1.807) is 7.11 Å². The Morgan fingerprint density at radius 1 is 1.21 bits per heavy atom. The maximum Gasteiger partial charge on any atom is 0.188 e. The minimum atomic E-state index is 0.250. The molecule has 0 amide bonds. The van der Waals surface area contributed by atoms with Crippen molar-refractivity contribution in [2.24, 2.45) is 0 Å². The van der Waals surface area contributed by atoms with Crippen LogP contribution in [0.1, 0.15) is 16.7 Å². The van der Waals surface area contributed by atoms with Crippen molar-refractivity contribution < 1.29 is 9.47 Å². The molecule has 0 saturated carbocycles. The van der Waals surface area contributed by atoms with E-state index < -0.39 is 0 Å². The fraction of sp³-hybridized carbons (Fsp3) is 0.455. The second-order valence-electron chi connectivity index (χ2n) is 3.31. The summed E-state index contributed by atoms with van der Waals surface area (Å²) in [5.41, 5.74) is 3.20. The van der Waals surface area contributed by atoms with Crippen molar-refractivity contribution in [1.82, 2.24) is 0 Å². The van der Waals surface area contributed by atoms with Crippen LogP contribution in [0.5, 0.6) is 5.75 Å². The molecule has 0 aromatic heterocycles. The third kappa shape index (κ3) is 2.20. The average molecular weight is 215 g/mol. The van der Waals surface area contributed by atoms with Gasteiger partial charge >= 0.3 is 0 Å². The highest BCUT2D eigenvalue weighted by Crippen LogP contribution is 2.31. The third-order valence-electron chi connectivity index (χ3n) is 2.30. The first-order chi connectivity index (χ1) is 6.57. The molecule has 0 aliphatic carbocycles. The molecule has 0 heterocycles. The molecular weight excluding hydrogens is 200 g/mol. The lowest BCUT2D eigenvalue weighted by molar-refractivity contribution is 0.0506. The van der Waals surface area contributed by atoms with Gasteiger partial charge in [-0.3, -0.25) is 0 Å². The summed E-state index contributed by atoms with van der Waals surface area (Å²) in [5.74, 6) is 0.792. The van der Waals surface area contributed by atoms with Crippen LogP contribution in [0, 0.1) is 20.8 Å². The lowest BCUT2D eigenvalue weighted by Gasteiger charge is -2.13. The SMILES string of the molecule is COCOc1cc(C)c(C)c(Cl)c1C. The molecule has 0 aliphatic rings. The van der Waals surface area contributed by atoms with Gasteiger partial charge in [0.2, 0.25) is 0 Å². The second kappa shape index (κ2) is 4.67. The highest BCUT2D eigenvalue weighted by Gasteiger charge is 2.09. The molecule has 0 spiro atoms. The Morgan fingerprint density at radius 2 is 1.86 bits per heavy atom. The normalized spacial score (nSPS) is 10.4. The van der Waals surface area contributed by atoms with Gasteiger partial charge in [-0.05, 0) is 38.0 Å². The molecule has 0 radical (unpaired) electrons. The van der Waals surface area contributed by atoms with E-state index >= 15 is 0 Å². The van der Waals surface area contributed by atoms with Crippen LogP contribution >= 0.6 is 11.6 Å². The molecule has 1 aromatic rings. The molecule has 3 heteroatoms. The first-order valence-electron chi connectivity index (χ1n) is 4.46. The molecular formula is C11H15ClO2. The van der Waals surface area contributed by atoms with Crippen LogP contribution in [-0.4, -0.2) is 13.9 Å². The molecule has 0 saturated heterocycles. The summed E-state index contributed by atoms with van der Waals surface area (Å²) < 4.78 is 10.2. The monoisotopic (exact) mass is 214 g/mol. The van der Waals surface area contributed by atoms with Crippen LogP contribution in [0.25, 0.3) is 0 Å². The van der Waals surface area contributed by atoms with Gasteiger partial charge in [0.05, 0.1) is 5.02 Å². The van der Waals surface area contributed by atoms with Gasteiger partial charge in [0.25, 0.3) is 0 Å². The second-order valence-corrected chi connectivity index (χ2v) is 3.68. The van der Waals surface area contributed by atoms with Crippen molar-refractivity contribution >= 4 is 11.6 Å². The quantitative estimate of drug-likeness (QED) is 0.720. The van der Waals surface area contributed by atoms with E-state index in [2.05, 4.69) is 0 Å². The van der Waals surface area contributed by atoms with E-state index in [0.29, 0.717) is 0 Å². The van der Waals surface area contributed by atoms with Crippen molar-refractivity contribution in [2.75, 3.05) is 13.9 Å². The largest absolute Gasteiger partial charge is 0.467 e. The highest BCUT2D eigenvalue weighted by molar-refractivity contribution is 6.32. The minimum absolute atomic E-state index is 0.250. The molecule has 0 fully saturated rings. The van der Waals surface area contributed by atoms with Gasteiger partial charge in [-0.2, -0.15) is 0 Å². The lowest BCUT2D eigenvalue weighted by atomic mass is 10.1. The maximum atomic E-state index is 6.15. The van der Waals surface area contributed by atoms with Gasteiger partial charge in [-0.1, -0.05) is 11.6 Å². The Kier molecular flexibility index (Phi) is 3.78. The van der Waals surface area contributed by atoms with Gasteiger partial charge in [-0.15, -0.1) is 0 Å². The summed E-state index contributed by atoms with van der Waals surface area (Å²) in [4.78, 5) is 0. The first-order valence-corrected chi connectivity index (χ1v) is 4.83. The summed E-state index contributed by atoms with van der Waals surface area (Å²) in [6, 6.07) is 1.98. The predicted octanol–water partition coefficient (Wildman–Crippen LogP) is 3.25. The molecule has 1 aromatic carbocycles. The van der Waals surface area contributed by atoms with Crippen molar-refractivity contribution in [3.05, 3.63) is 27.8 Å². The molecule has 0 N–H and O–H groups in total. The van der Waals surface area contributed by atoms with Crippen molar-refractivity contribution in [3.63, 3.8) is 0 Å². The van der Waals surface area contributed by atoms with Gasteiger partial charge in [0.15, 0.2) is 6.79 Å². The van der Waals surface area contributed by atoms with Gasteiger partial charge in [-0.25, -0.2) is 0 Å². The van der Waals surface area contributed by atoms with Crippen LogP contribution < -0.4 is 4.74 Å². The number of methoxy groups -OCH3 is 1. The fourth-order valence-electron chi connectivity index (χ4n) is 1.25. The van der Waals surface area contributed by atoms with E-state index in [1.807, 2.05) is 26.8 Å². The Balaban J connectivity index is 3.06. The molecule has 0 aliphatic heterocycles. The number of rotatable bonds is 3. The molecule has 2 nitrogen and oxygen atoms in total. The van der Waals surface area contributed by atoms with Crippen molar-refractivity contribution in [1.29, 1.82) is 0 Å². The van der Waals surface area contributed by atoms with Crippen LogP contribution in [0.4, 0.5) is 0 Å². The first kappa shape index (κ1) is 11.3. The zero-order valence-corrected chi connectivity index (χ0v) is 9.73. The zero-order valence-electron chi connectivity index (χ0n) is 8.98. The Hall–Kier alpha value is -0.730. The van der Waals surface area contributed by atoms with Gasteiger partial charge < -0.3 is 9.47 Å². The molecule has 0 unspecified atom stereocenters. The van der Waals surface area contributed by atoms with E-state index in [0.717, 1.165) is 27.5 Å². The lowest BCUT2D eigenvalue weighted by Crippen LogP contribution is -2.01. The van der Waals surface area contributed by atoms with Crippen LogP contribution in [-0.2, 0) is 4.74 Å². The zero-order chi connectivity index (χ0) is 10.7. The van der Waals surface area contributed by atoms with E-state index in [4.69, 9.17) is 21.1 Å². The van der Waals surface area contributed by atoms with Crippen LogP contribution in [0.3, 0.4) is 0 Å². The molecule has 0 bridgehead atoms. The van der Waals surface area contributed by atoms with E-state index in [-0.39, 0.29) is 6.79 Å². The van der Waals surface area contributed by atoms with Gasteiger partial charge in [0.1, 0.15) is 5.75 Å². The van der Waals surface area contributed by atoms with E-state index in [9.17, 15) is 0 Å². The Bertz CT molecular complexity index is 335. The summed E-state index contributed by atoms with van der Waals surface area (Å²) in [6.07, 6.45) is 0.